The number of methoxy groups -OCH3 is 1. The number of halogens is 1. The number of rotatable bonds is 9. The molecule has 38 heavy (non-hydrogen) atoms. The van der Waals surface area contributed by atoms with Crippen LogP contribution in [0.15, 0.2) is 94.9 Å². The molecule has 0 atom stereocenters. The van der Waals surface area contributed by atoms with Crippen LogP contribution in [0.5, 0.6) is 5.75 Å². The molecular formula is C28H27FN4O4S. The van der Waals surface area contributed by atoms with Crippen LogP contribution in [0.25, 0.3) is 5.69 Å². The van der Waals surface area contributed by atoms with E-state index in [1.165, 1.54) is 43.7 Å². The van der Waals surface area contributed by atoms with Crippen LogP contribution in [-0.2, 0) is 14.8 Å². The molecule has 0 unspecified atom stereocenters. The van der Waals surface area contributed by atoms with Crippen LogP contribution in [0.4, 0.5) is 10.1 Å². The highest BCUT2D eigenvalue weighted by atomic mass is 32.2. The summed E-state index contributed by atoms with van der Waals surface area (Å²) in [7, 11) is -2.58. The molecule has 1 aromatic heterocycles. The molecule has 196 valence electrons. The summed E-state index contributed by atoms with van der Waals surface area (Å²) in [6.07, 6.45) is 1.45. The summed E-state index contributed by atoms with van der Waals surface area (Å²) < 4.78 is 49.1. The van der Waals surface area contributed by atoms with Crippen LogP contribution in [-0.4, -0.2) is 38.8 Å². The Balaban J connectivity index is 1.54. The molecule has 4 rings (SSSR count). The Bertz CT molecular complexity index is 1570. The lowest BCUT2D eigenvalue weighted by molar-refractivity contribution is -0.119. The molecule has 1 heterocycles. The fourth-order valence-electron chi connectivity index (χ4n) is 4.05. The molecule has 1 amide bonds. The number of sulfonamides is 1. The molecule has 3 aromatic carbocycles. The highest BCUT2D eigenvalue weighted by Crippen LogP contribution is 2.25. The van der Waals surface area contributed by atoms with Crippen molar-refractivity contribution in [3.63, 3.8) is 0 Å². The molecule has 0 spiro atoms. The summed E-state index contributed by atoms with van der Waals surface area (Å²) in [5, 5.41) is 4.03. The monoisotopic (exact) mass is 534 g/mol. The molecule has 0 aliphatic rings. The Hall–Kier alpha value is -4.44. The maximum atomic E-state index is 14.3. The number of nitrogens with zero attached hydrogens (tertiary/aromatic N) is 3. The molecule has 0 saturated heterocycles. The first-order valence-corrected chi connectivity index (χ1v) is 13.1. The maximum Gasteiger partial charge on any atom is 0.264 e. The third kappa shape index (κ3) is 5.60. The molecule has 0 aliphatic heterocycles. The number of hydrogen-bond donors (Lipinski definition) is 1. The molecule has 0 bridgehead atoms. The molecule has 1 N–H and O–H groups in total. The molecule has 0 aliphatic carbocycles. The average Bonchev–Trinajstić information content (AvgIpc) is 3.20. The number of amides is 1. The van der Waals surface area contributed by atoms with Gasteiger partial charge in [-0.25, -0.2) is 18.2 Å². The van der Waals surface area contributed by atoms with Gasteiger partial charge in [0.2, 0.25) is 0 Å². The lowest BCUT2D eigenvalue weighted by Gasteiger charge is -2.23. The van der Waals surface area contributed by atoms with Crippen LogP contribution in [0, 0.1) is 19.7 Å². The van der Waals surface area contributed by atoms with Crippen LogP contribution in [0.1, 0.15) is 17.0 Å². The van der Waals surface area contributed by atoms with Gasteiger partial charge in [0.05, 0.1) is 29.6 Å². The van der Waals surface area contributed by atoms with Gasteiger partial charge in [-0.2, -0.15) is 5.10 Å². The number of ether oxygens (including phenoxy) is 1. The van der Waals surface area contributed by atoms with Crippen molar-refractivity contribution in [3.8, 4) is 11.4 Å². The second-order valence-corrected chi connectivity index (χ2v) is 10.3. The zero-order valence-corrected chi connectivity index (χ0v) is 21.9. The van der Waals surface area contributed by atoms with Crippen molar-refractivity contribution in [2.24, 2.45) is 5.10 Å². The topological polar surface area (TPSA) is 93.0 Å². The minimum absolute atomic E-state index is 0.0130. The van der Waals surface area contributed by atoms with Crippen molar-refractivity contribution in [1.29, 1.82) is 0 Å². The predicted octanol–water partition coefficient (Wildman–Crippen LogP) is 4.59. The van der Waals surface area contributed by atoms with Crippen molar-refractivity contribution in [3.05, 3.63) is 108 Å². The van der Waals surface area contributed by atoms with Gasteiger partial charge >= 0.3 is 0 Å². The maximum absolute atomic E-state index is 14.3. The number of anilines is 1. The van der Waals surface area contributed by atoms with Gasteiger partial charge in [-0.05, 0) is 68.4 Å². The predicted molar refractivity (Wildman–Crippen MR) is 145 cm³/mol. The van der Waals surface area contributed by atoms with E-state index in [4.69, 9.17) is 4.74 Å². The average molecular weight is 535 g/mol. The van der Waals surface area contributed by atoms with Gasteiger partial charge in [0.15, 0.2) is 0 Å². The number of benzene rings is 3. The SMILES string of the molecule is COc1ccc(S(=O)(=O)N(CC(=O)N/N=C/c2cc(C)n(-c3ccccc3F)c2C)c2ccccc2)cc1. The number of nitrogens with one attached hydrogen (secondary N) is 1. The molecule has 4 aromatic rings. The number of aryl methyl sites for hydroxylation is 1. The third-order valence-electron chi connectivity index (χ3n) is 5.94. The van der Waals surface area contributed by atoms with Gasteiger partial charge in [-0.15, -0.1) is 0 Å². The summed E-state index contributed by atoms with van der Waals surface area (Å²) in [5.41, 5.74) is 5.35. The van der Waals surface area contributed by atoms with Gasteiger partial charge in [0.25, 0.3) is 15.9 Å². The minimum atomic E-state index is -4.07. The van der Waals surface area contributed by atoms with Crippen LogP contribution < -0.4 is 14.5 Å². The fraction of sp³-hybridized carbons (Fsp3) is 0.143. The molecular weight excluding hydrogens is 507 g/mol. The van der Waals surface area contributed by atoms with Crippen LogP contribution in [0.3, 0.4) is 0 Å². The normalized spacial score (nSPS) is 11.5. The summed E-state index contributed by atoms with van der Waals surface area (Å²) in [6.45, 7) is 3.17. The van der Waals surface area contributed by atoms with E-state index in [2.05, 4.69) is 10.5 Å². The zero-order chi connectivity index (χ0) is 27.3. The van der Waals surface area contributed by atoms with E-state index >= 15 is 0 Å². The first-order chi connectivity index (χ1) is 18.2. The lowest BCUT2D eigenvalue weighted by atomic mass is 10.2. The van der Waals surface area contributed by atoms with E-state index in [0.717, 1.165) is 15.7 Å². The smallest absolute Gasteiger partial charge is 0.264 e. The number of hydrogen-bond acceptors (Lipinski definition) is 5. The second-order valence-electron chi connectivity index (χ2n) is 8.43. The van der Waals surface area contributed by atoms with E-state index < -0.39 is 22.5 Å². The lowest BCUT2D eigenvalue weighted by Crippen LogP contribution is -2.39. The largest absolute Gasteiger partial charge is 0.497 e. The highest BCUT2D eigenvalue weighted by Gasteiger charge is 2.27. The standard InChI is InChI=1S/C28H27FN4O4S/c1-20-17-22(21(2)33(20)27-12-8-7-11-26(27)29)18-30-31-28(34)19-32(23-9-5-4-6-10-23)38(35,36)25-15-13-24(37-3)14-16-25/h4-18H,19H2,1-3H3,(H,31,34)/b30-18+. The number of hydrazone groups is 1. The fourth-order valence-corrected chi connectivity index (χ4v) is 5.47. The van der Waals surface area contributed by atoms with E-state index in [1.54, 1.807) is 53.1 Å². The number of para-hydroxylation sites is 2. The first-order valence-electron chi connectivity index (χ1n) is 11.7. The molecule has 8 nitrogen and oxygen atoms in total. The van der Waals surface area contributed by atoms with Crippen molar-refractivity contribution in [1.82, 2.24) is 9.99 Å². The number of carbonyl (C=O) groups is 1. The Morgan fingerprint density at radius 2 is 1.68 bits per heavy atom. The van der Waals surface area contributed by atoms with Crippen molar-refractivity contribution >= 4 is 27.8 Å². The molecule has 0 fully saturated rings. The summed E-state index contributed by atoms with van der Waals surface area (Å²) in [5.74, 6) is -0.480. The Kier molecular flexibility index (Phi) is 7.92. The van der Waals surface area contributed by atoms with Crippen molar-refractivity contribution in [2.75, 3.05) is 18.0 Å². The molecule has 0 radical (unpaired) electrons. The van der Waals surface area contributed by atoms with E-state index in [0.29, 0.717) is 22.7 Å². The van der Waals surface area contributed by atoms with Gasteiger partial charge in [-0.1, -0.05) is 30.3 Å². The van der Waals surface area contributed by atoms with Crippen molar-refractivity contribution in [2.45, 2.75) is 18.7 Å². The summed E-state index contributed by atoms with van der Waals surface area (Å²) in [6, 6.07) is 22.5. The molecule has 10 heteroatoms. The third-order valence-corrected chi connectivity index (χ3v) is 7.72. The van der Waals surface area contributed by atoms with E-state index in [9.17, 15) is 17.6 Å². The van der Waals surface area contributed by atoms with Gasteiger partial charge in [0, 0.05) is 17.0 Å². The second kappa shape index (κ2) is 11.3. The van der Waals surface area contributed by atoms with Crippen LogP contribution >= 0.6 is 0 Å². The minimum Gasteiger partial charge on any atom is -0.497 e. The summed E-state index contributed by atoms with van der Waals surface area (Å²) in [4.78, 5) is 12.8. The number of aromatic nitrogens is 1. The zero-order valence-electron chi connectivity index (χ0n) is 21.1. The van der Waals surface area contributed by atoms with E-state index in [-0.39, 0.29) is 10.7 Å². The Morgan fingerprint density at radius 1 is 1.03 bits per heavy atom. The first kappa shape index (κ1) is 26.6. The van der Waals surface area contributed by atoms with Gasteiger partial charge < -0.3 is 9.30 Å². The van der Waals surface area contributed by atoms with E-state index in [1.807, 2.05) is 19.9 Å². The summed E-state index contributed by atoms with van der Waals surface area (Å²) >= 11 is 0. The molecule has 0 saturated carbocycles. The highest BCUT2D eigenvalue weighted by molar-refractivity contribution is 7.92. The van der Waals surface area contributed by atoms with Gasteiger partial charge in [-0.3, -0.25) is 9.10 Å². The van der Waals surface area contributed by atoms with Crippen molar-refractivity contribution < 1.29 is 22.3 Å². The quantitative estimate of drug-likeness (QED) is 0.251. The Labute approximate surface area is 221 Å². The Morgan fingerprint density at radius 3 is 2.34 bits per heavy atom. The number of carbonyl (C=O) groups excluding carboxylic acids is 1. The van der Waals surface area contributed by atoms with Crippen LogP contribution in [0.2, 0.25) is 0 Å². The van der Waals surface area contributed by atoms with Gasteiger partial charge in [0.1, 0.15) is 18.1 Å².